The molecule has 0 spiro atoms. The van der Waals surface area contributed by atoms with Crippen LogP contribution >= 0.6 is 0 Å². The maximum absolute atomic E-state index is 6.12. The number of hydrogen-bond acceptors (Lipinski definition) is 1. The molecule has 0 N–H and O–H groups in total. The van der Waals surface area contributed by atoms with Crippen molar-refractivity contribution in [3.05, 3.63) is 12.2 Å². The van der Waals surface area contributed by atoms with Gasteiger partial charge in [-0.3, -0.25) is 0 Å². The highest BCUT2D eigenvalue weighted by molar-refractivity contribution is 6.76. The summed E-state index contributed by atoms with van der Waals surface area (Å²) in [5.41, 5.74) is 1.47. The molecule has 2 bridgehead atoms. The first-order chi connectivity index (χ1) is 8.49. The van der Waals surface area contributed by atoms with Gasteiger partial charge in [-0.1, -0.05) is 46.3 Å². The van der Waals surface area contributed by atoms with Crippen molar-refractivity contribution in [1.82, 2.24) is 0 Å². The van der Waals surface area contributed by atoms with E-state index in [4.69, 9.17) is 4.43 Å². The predicted molar refractivity (Wildman–Crippen MR) is 81.2 cm³/mol. The number of fused-ring (bicyclic) bond motifs is 2. The Kier molecular flexibility index (Phi) is 4.38. The lowest BCUT2D eigenvalue weighted by molar-refractivity contribution is 0.353. The van der Waals surface area contributed by atoms with Crippen molar-refractivity contribution in [3.8, 4) is 0 Å². The average molecular weight is 267 g/mol. The molecule has 0 aromatic heterocycles. The Labute approximate surface area is 114 Å². The number of hydrogen-bond donors (Lipinski definition) is 0. The summed E-state index contributed by atoms with van der Waals surface area (Å²) >= 11 is 0. The van der Waals surface area contributed by atoms with Gasteiger partial charge >= 0.3 is 0 Å². The van der Waals surface area contributed by atoms with Gasteiger partial charge in [0, 0.05) is 7.11 Å². The first kappa shape index (κ1) is 14.3. The molecule has 1 nitrogen and oxygen atoms in total. The Morgan fingerprint density at radius 1 is 1.11 bits per heavy atom. The summed E-state index contributed by atoms with van der Waals surface area (Å²) in [5.74, 6) is 2.77. The second kappa shape index (κ2) is 5.50. The second-order valence-corrected chi connectivity index (χ2v) is 12.2. The molecule has 1 saturated carbocycles. The van der Waals surface area contributed by atoms with Crippen LogP contribution in [-0.2, 0) is 4.43 Å². The van der Waals surface area contributed by atoms with Crippen LogP contribution < -0.4 is 0 Å². The van der Waals surface area contributed by atoms with Crippen molar-refractivity contribution in [2.75, 3.05) is 7.11 Å². The molecule has 3 unspecified atom stereocenters. The summed E-state index contributed by atoms with van der Waals surface area (Å²) in [6.45, 7) is 9.49. The zero-order valence-corrected chi connectivity index (χ0v) is 13.8. The molecule has 18 heavy (non-hydrogen) atoms. The van der Waals surface area contributed by atoms with Crippen LogP contribution in [0.5, 0.6) is 0 Å². The van der Waals surface area contributed by atoms with Crippen molar-refractivity contribution in [2.45, 2.75) is 64.1 Å². The molecule has 0 aromatic rings. The molecular formula is C16H30OSi. The predicted octanol–water partition coefficient (Wildman–Crippen LogP) is 5.00. The van der Waals surface area contributed by atoms with Crippen molar-refractivity contribution in [1.29, 1.82) is 0 Å². The molecule has 0 saturated heterocycles. The summed E-state index contributed by atoms with van der Waals surface area (Å²) in [5, 5.41) is 0. The third-order valence-electron chi connectivity index (χ3n) is 5.66. The van der Waals surface area contributed by atoms with Crippen LogP contribution in [0.3, 0.4) is 0 Å². The van der Waals surface area contributed by atoms with Crippen molar-refractivity contribution in [2.24, 2.45) is 17.8 Å². The van der Waals surface area contributed by atoms with Gasteiger partial charge in [0.2, 0.25) is 0 Å². The van der Waals surface area contributed by atoms with Gasteiger partial charge in [0.1, 0.15) is 0 Å². The monoisotopic (exact) mass is 266 g/mol. The largest absolute Gasteiger partial charge is 0.419 e. The quantitative estimate of drug-likeness (QED) is 0.485. The summed E-state index contributed by atoms with van der Waals surface area (Å²) in [7, 11) is 0.422. The van der Waals surface area contributed by atoms with Crippen LogP contribution in [0.15, 0.2) is 12.2 Å². The minimum atomic E-state index is -1.54. The third kappa shape index (κ3) is 2.46. The fraction of sp³-hybridized carbons (Fsp3) is 0.875. The highest BCUT2D eigenvalue weighted by atomic mass is 28.4. The molecule has 0 heterocycles. The van der Waals surface area contributed by atoms with Gasteiger partial charge in [0.05, 0.1) is 0 Å². The lowest BCUT2D eigenvalue weighted by Crippen LogP contribution is -2.44. The summed E-state index contributed by atoms with van der Waals surface area (Å²) in [6, 6.07) is 1.36. The summed E-state index contributed by atoms with van der Waals surface area (Å²) < 4.78 is 6.12. The molecule has 0 aliphatic heterocycles. The maximum Gasteiger partial charge on any atom is 0.197 e. The second-order valence-electron chi connectivity index (χ2n) is 7.05. The fourth-order valence-electron chi connectivity index (χ4n) is 4.46. The van der Waals surface area contributed by atoms with Crippen LogP contribution in [0.2, 0.25) is 17.1 Å². The summed E-state index contributed by atoms with van der Waals surface area (Å²) in [4.78, 5) is 0. The van der Waals surface area contributed by atoms with Crippen LogP contribution in [0, 0.1) is 17.8 Å². The molecular weight excluding hydrogens is 236 g/mol. The van der Waals surface area contributed by atoms with Gasteiger partial charge in [-0.25, -0.2) is 0 Å². The van der Waals surface area contributed by atoms with Gasteiger partial charge in [-0.05, 0) is 47.7 Å². The minimum Gasteiger partial charge on any atom is -0.419 e. The third-order valence-corrected chi connectivity index (χ3v) is 11.4. The maximum atomic E-state index is 6.12. The Bertz CT molecular complexity index is 300. The summed E-state index contributed by atoms with van der Waals surface area (Å²) in [6.07, 6.45) is 9.23. The number of rotatable bonds is 6. The lowest BCUT2D eigenvalue weighted by Gasteiger charge is -2.38. The average Bonchev–Trinajstić information content (AvgIpc) is 2.91. The van der Waals surface area contributed by atoms with Crippen LogP contribution in [0.4, 0.5) is 0 Å². The molecule has 0 radical (unpaired) electrons. The van der Waals surface area contributed by atoms with E-state index in [1.165, 1.54) is 25.3 Å². The Hall–Kier alpha value is -0.0831. The lowest BCUT2D eigenvalue weighted by atomic mass is 9.91. The van der Waals surface area contributed by atoms with Crippen LogP contribution in [0.25, 0.3) is 0 Å². The normalized spacial score (nSPS) is 30.9. The van der Waals surface area contributed by atoms with Gasteiger partial charge in [-0.15, -0.1) is 0 Å². The molecule has 2 aliphatic carbocycles. The smallest absolute Gasteiger partial charge is 0.197 e. The van der Waals surface area contributed by atoms with E-state index < -0.39 is 8.32 Å². The van der Waals surface area contributed by atoms with Gasteiger partial charge < -0.3 is 4.43 Å². The van der Waals surface area contributed by atoms with E-state index in [2.05, 4.69) is 39.8 Å². The molecule has 0 aromatic carbocycles. The topological polar surface area (TPSA) is 9.23 Å². The number of allylic oxidation sites excluding steroid dienone is 2. The zero-order chi connectivity index (χ0) is 13.3. The van der Waals surface area contributed by atoms with Gasteiger partial charge in [0.25, 0.3) is 0 Å². The van der Waals surface area contributed by atoms with E-state index in [0.29, 0.717) is 0 Å². The fourth-order valence-corrected chi connectivity index (χ4v) is 8.91. The molecule has 3 atom stereocenters. The van der Waals surface area contributed by atoms with E-state index in [1.807, 2.05) is 7.11 Å². The van der Waals surface area contributed by atoms with E-state index in [1.54, 1.807) is 0 Å². The van der Waals surface area contributed by atoms with Crippen LogP contribution in [0.1, 0.15) is 47.0 Å². The van der Waals surface area contributed by atoms with Gasteiger partial charge in [0.15, 0.2) is 8.32 Å². The molecule has 2 aliphatic rings. The van der Waals surface area contributed by atoms with Gasteiger partial charge in [-0.2, -0.15) is 0 Å². The van der Waals surface area contributed by atoms with Crippen molar-refractivity contribution < 1.29 is 4.43 Å². The van der Waals surface area contributed by atoms with E-state index >= 15 is 0 Å². The van der Waals surface area contributed by atoms with E-state index in [-0.39, 0.29) is 0 Å². The zero-order valence-electron chi connectivity index (χ0n) is 12.8. The van der Waals surface area contributed by atoms with Crippen LogP contribution in [-0.4, -0.2) is 15.4 Å². The van der Waals surface area contributed by atoms with Crippen molar-refractivity contribution in [3.63, 3.8) is 0 Å². The minimum absolute atomic E-state index is 0.733. The standard InChI is InChI=1S/C16H30OSi/c1-12(2)18(17-5,13(3)4)9-8-16-11-14-6-7-15(16)10-14/h6-7,12-16H,8-11H2,1-5H3. The van der Waals surface area contributed by atoms with E-state index in [9.17, 15) is 0 Å². The first-order valence-corrected chi connectivity index (χ1v) is 10.00. The molecule has 2 rings (SSSR count). The van der Waals surface area contributed by atoms with E-state index in [0.717, 1.165) is 28.8 Å². The Balaban J connectivity index is 1.96. The highest BCUT2D eigenvalue weighted by Gasteiger charge is 2.43. The first-order valence-electron chi connectivity index (χ1n) is 7.73. The highest BCUT2D eigenvalue weighted by Crippen LogP contribution is 2.47. The molecule has 1 fully saturated rings. The van der Waals surface area contributed by atoms with Crippen molar-refractivity contribution >= 4 is 8.32 Å². The molecule has 0 amide bonds. The molecule has 2 heteroatoms. The Morgan fingerprint density at radius 3 is 2.17 bits per heavy atom. The Morgan fingerprint density at radius 2 is 1.78 bits per heavy atom. The molecule has 104 valence electrons. The SMILES string of the molecule is CO[Si](CCC1CC2C=CC1C2)(C(C)C)C(C)C.